The predicted octanol–water partition coefficient (Wildman–Crippen LogP) is 4.61. The van der Waals surface area contributed by atoms with Crippen molar-refractivity contribution in [2.24, 2.45) is 5.73 Å². The summed E-state index contributed by atoms with van der Waals surface area (Å²) in [6.45, 7) is 1.74. The molecule has 1 heterocycles. The van der Waals surface area contributed by atoms with E-state index < -0.39 is 25.9 Å². The van der Waals surface area contributed by atoms with E-state index in [2.05, 4.69) is 0 Å². The van der Waals surface area contributed by atoms with Gasteiger partial charge in [0, 0.05) is 5.56 Å². The van der Waals surface area contributed by atoms with Crippen LogP contribution in [0.2, 0.25) is 0 Å². The van der Waals surface area contributed by atoms with Gasteiger partial charge in [0.05, 0.1) is 5.56 Å². The van der Waals surface area contributed by atoms with Crippen LogP contribution >= 0.6 is 69.6 Å². The van der Waals surface area contributed by atoms with Crippen molar-refractivity contribution in [1.82, 2.24) is 0 Å². The maximum absolute atomic E-state index is 11.6. The number of fused-ring (bicyclic) bond motifs is 1. The molecule has 1 aromatic carbocycles. The third-order valence-electron chi connectivity index (χ3n) is 2.86. The highest BCUT2D eigenvalue weighted by atomic mass is 35.6. The first-order chi connectivity index (χ1) is 9.91. The van der Waals surface area contributed by atoms with Crippen molar-refractivity contribution in [3.63, 3.8) is 0 Å². The van der Waals surface area contributed by atoms with Crippen LogP contribution in [0.15, 0.2) is 12.1 Å². The maximum Gasteiger partial charge on any atom is 0.252 e. The molecule has 2 N–H and O–H groups in total. The van der Waals surface area contributed by atoms with E-state index in [9.17, 15) is 4.79 Å². The number of rotatable bonds is 1. The molecule has 0 bridgehead atoms. The van der Waals surface area contributed by atoms with Crippen LogP contribution in [0.5, 0.6) is 5.75 Å². The predicted molar refractivity (Wildman–Crippen MR) is 88.5 cm³/mol. The lowest BCUT2D eigenvalue weighted by Gasteiger charge is -2.38. The lowest BCUT2D eigenvalue weighted by molar-refractivity contribution is -0.136. The first kappa shape index (κ1) is 18.5. The number of amides is 1. The Balaban J connectivity index is 2.66. The molecule has 0 saturated carbocycles. The minimum atomic E-state index is -1.97. The average molecular weight is 428 g/mol. The lowest BCUT2D eigenvalue weighted by atomic mass is 9.99. The Morgan fingerprint density at radius 1 is 1.14 bits per heavy atom. The molecule has 2 atom stereocenters. The molecule has 2 unspecified atom stereocenters. The summed E-state index contributed by atoms with van der Waals surface area (Å²) in [5.41, 5.74) is 6.47. The van der Waals surface area contributed by atoms with E-state index in [0.29, 0.717) is 11.1 Å². The minimum absolute atomic E-state index is 0.0667. The Labute approximate surface area is 156 Å². The summed E-state index contributed by atoms with van der Waals surface area (Å²) in [5, 5.41) is 0. The van der Waals surface area contributed by atoms with Crippen molar-refractivity contribution >= 4 is 75.5 Å². The molecule has 0 fully saturated rings. The minimum Gasteiger partial charge on any atom is -0.459 e. The summed E-state index contributed by atoms with van der Waals surface area (Å²) in [6, 6.07) is 3.17. The molecule has 122 valence electrons. The van der Waals surface area contributed by atoms with Gasteiger partial charge in [-0.05, 0) is 24.6 Å². The fourth-order valence-electron chi connectivity index (χ4n) is 2.04. The van der Waals surface area contributed by atoms with Gasteiger partial charge >= 0.3 is 0 Å². The van der Waals surface area contributed by atoms with Crippen LogP contribution in [0.25, 0.3) is 0 Å². The van der Waals surface area contributed by atoms with E-state index >= 15 is 0 Å². The number of hydrogen-bond acceptors (Lipinski definition) is 3. The fraction of sp³-hybridized carbons (Fsp3) is 0.417. The first-order valence-electron chi connectivity index (χ1n) is 5.81. The summed E-state index contributed by atoms with van der Waals surface area (Å²) in [5.74, 6) is -0.662. The van der Waals surface area contributed by atoms with Gasteiger partial charge < -0.3 is 15.2 Å². The number of aryl methyl sites for hydroxylation is 1. The van der Waals surface area contributed by atoms with Crippen molar-refractivity contribution < 1.29 is 14.3 Å². The molecule has 4 nitrogen and oxygen atoms in total. The molecule has 1 aliphatic heterocycles. The first-order valence-corrected chi connectivity index (χ1v) is 8.08. The van der Waals surface area contributed by atoms with Crippen LogP contribution in [0.3, 0.4) is 0 Å². The molecule has 2 rings (SSSR count). The quantitative estimate of drug-likeness (QED) is 0.665. The molecule has 0 aromatic heterocycles. The van der Waals surface area contributed by atoms with Crippen LogP contribution in [0.4, 0.5) is 0 Å². The number of halogens is 6. The molecular weight excluding hydrogens is 419 g/mol. The number of carbonyl (C=O) groups excluding carboxylic acids is 1. The Kier molecular flexibility index (Phi) is 5.26. The number of benzene rings is 1. The molecular formula is C12H9Cl6NO3. The van der Waals surface area contributed by atoms with Crippen LogP contribution in [0.1, 0.15) is 27.6 Å². The van der Waals surface area contributed by atoms with Gasteiger partial charge in [-0.1, -0.05) is 69.6 Å². The number of alkyl halides is 6. The molecule has 0 aliphatic carbocycles. The summed E-state index contributed by atoms with van der Waals surface area (Å²) >= 11 is 35.2. The molecule has 1 aromatic rings. The third kappa shape index (κ3) is 3.81. The number of hydrogen-bond donors (Lipinski definition) is 1. The van der Waals surface area contributed by atoms with Gasteiger partial charge in [-0.25, -0.2) is 0 Å². The molecule has 0 spiro atoms. The van der Waals surface area contributed by atoms with Crippen LogP contribution < -0.4 is 10.5 Å². The second kappa shape index (κ2) is 6.25. The zero-order chi connectivity index (χ0) is 16.9. The summed E-state index contributed by atoms with van der Waals surface area (Å²) in [7, 11) is 0. The molecule has 1 amide bonds. The molecule has 0 saturated heterocycles. The number of primary amides is 1. The second-order valence-electron chi connectivity index (χ2n) is 4.64. The highest BCUT2D eigenvalue weighted by Crippen LogP contribution is 2.52. The van der Waals surface area contributed by atoms with Crippen LogP contribution in [-0.2, 0) is 4.74 Å². The van der Waals surface area contributed by atoms with Gasteiger partial charge in [0.1, 0.15) is 11.9 Å². The average Bonchev–Trinajstić information content (AvgIpc) is 2.33. The van der Waals surface area contributed by atoms with E-state index in [1.807, 2.05) is 0 Å². The molecule has 0 radical (unpaired) electrons. The van der Waals surface area contributed by atoms with E-state index in [1.165, 1.54) is 6.07 Å². The maximum atomic E-state index is 11.6. The summed E-state index contributed by atoms with van der Waals surface area (Å²) < 4.78 is 7.09. The van der Waals surface area contributed by atoms with Gasteiger partial charge in [-0.15, -0.1) is 0 Å². The third-order valence-corrected chi connectivity index (χ3v) is 3.99. The van der Waals surface area contributed by atoms with Crippen molar-refractivity contribution in [2.75, 3.05) is 0 Å². The SMILES string of the molecule is Cc1cc(C(N)=O)c2c(c1)C(C(Cl)(Cl)Cl)OC(C(Cl)(Cl)Cl)O2. The molecule has 10 heteroatoms. The number of carbonyl (C=O) groups is 1. The van der Waals surface area contributed by atoms with Gasteiger partial charge in [0.25, 0.3) is 9.70 Å². The Morgan fingerprint density at radius 2 is 1.73 bits per heavy atom. The van der Waals surface area contributed by atoms with Gasteiger partial charge in [0.2, 0.25) is 10.1 Å². The van der Waals surface area contributed by atoms with Crippen LogP contribution in [-0.4, -0.2) is 19.8 Å². The van der Waals surface area contributed by atoms with Crippen molar-refractivity contribution in [1.29, 1.82) is 0 Å². The van der Waals surface area contributed by atoms with Crippen molar-refractivity contribution in [3.05, 3.63) is 28.8 Å². The Bertz CT molecular complexity index is 610. The smallest absolute Gasteiger partial charge is 0.252 e. The van der Waals surface area contributed by atoms with E-state index in [0.717, 1.165) is 0 Å². The van der Waals surface area contributed by atoms with Crippen molar-refractivity contribution in [3.8, 4) is 5.75 Å². The van der Waals surface area contributed by atoms with E-state index in [-0.39, 0.29) is 11.3 Å². The topological polar surface area (TPSA) is 61.6 Å². The number of ether oxygens (including phenoxy) is 2. The second-order valence-corrected chi connectivity index (χ2v) is 9.38. The largest absolute Gasteiger partial charge is 0.459 e. The van der Waals surface area contributed by atoms with Gasteiger partial charge in [-0.3, -0.25) is 4.79 Å². The van der Waals surface area contributed by atoms with Gasteiger partial charge in [-0.2, -0.15) is 0 Å². The molecule has 22 heavy (non-hydrogen) atoms. The standard InChI is InChI=1S/C12H9Cl6NO3/c1-4-2-5-7(6(3-4)9(19)20)21-10(12(16,17)18)22-8(5)11(13,14)15/h2-3,8,10H,1H3,(H2,19,20). The summed E-state index contributed by atoms with van der Waals surface area (Å²) in [6.07, 6.45) is -2.49. The zero-order valence-electron chi connectivity index (χ0n) is 10.9. The lowest BCUT2D eigenvalue weighted by Crippen LogP contribution is -2.42. The van der Waals surface area contributed by atoms with E-state index in [1.54, 1.807) is 13.0 Å². The summed E-state index contributed by atoms with van der Waals surface area (Å²) in [4.78, 5) is 11.6. The number of nitrogens with two attached hydrogens (primary N) is 1. The van der Waals surface area contributed by atoms with E-state index in [4.69, 9.17) is 84.8 Å². The van der Waals surface area contributed by atoms with Crippen molar-refractivity contribution in [2.45, 2.75) is 26.9 Å². The normalized spacial score (nSPS) is 22.0. The highest BCUT2D eigenvalue weighted by molar-refractivity contribution is 6.68. The highest BCUT2D eigenvalue weighted by Gasteiger charge is 2.49. The van der Waals surface area contributed by atoms with Crippen LogP contribution in [0, 0.1) is 6.92 Å². The molecule has 1 aliphatic rings. The fourth-order valence-corrected chi connectivity index (χ4v) is 2.83. The zero-order valence-corrected chi connectivity index (χ0v) is 15.4. The van der Waals surface area contributed by atoms with Gasteiger partial charge in [0.15, 0.2) is 0 Å². The Morgan fingerprint density at radius 3 is 2.18 bits per heavy atom. The monoisotopic (exact) mass is 425 g/mol. The Hall–Kier alpha value is 0.190.